The number of hydrogen-bond acceptors (Lipinski definition) is 5. The maximum absolute atomic E-state index is 11.7. The van der Waals surface area contributed by atoms with Crippen molar-refractivity contribution < 1.29 is 24.5 Å². The van der Waals surface area contributed by atoms with Crippen LogP contribution in [-0.2, 0) is 14.3 Å². The highest BCUT2D eigenvalue weighted by Crippen LogP contribution is 2.31. The molecule has 114 valence electrons. The molecule has 0 aromatic rings. The van der Waals surface area contributed by atoms with Crippen LogP contribution in [0, 0.1) is 11.8 Å². The van der Waals surface area contributed by atoms with Gasteiger partial charge in [0, 0.05) is 31.3 Å². The minimum atomic E-state index is -0.713. The van der Waals surface area contributed by atoms with Crippen molar-refractivity contribution >= 4 is 11.8 Å². The van der Waals surface area contributed by atoms with Crippen LogP contribution in [-0.4, -0.2) is 41.3 Å². The Labute approximate surface area is 119 Å². The summed E-state index contributed by atoms with van der Waals surface area (Å²) in [5, 5.41) is 18.8. The molecule has 5 nitrogen and oxygen atoms in total. The molecule has 1 saturated carbocycles. The summed E-state index contributed by atoms with van der Waals surface area (Å²) in [6.45, 7) is 2.03. The maximum Gasteiger partial charge on any atom is 0.305 e. The van der Waals surface area contributed by atoms with E-state index in [1.54, 1.807) is 6.92 Å². The summed E-state index contributed by atoms with van der Waals surface area (Å²) in [4.78, 5) is 22.8. The highest BCUT2D eigenvalue weighted by molar-refractivity contribution is 5.84. The zero-order chi connectivity index (χ0) is 15.0. The number of aliphatic hydroxyl groups is 2. The molecule has 3 atom stereocenters. The summed E-state index contributed by atoms with van der Waals surface area (Å²) in [6.07, 6.45) is 5.69. The minimum Gasteiger partial charge on any atom is -0.466 e. The van der Waals surface area contributed by atoms with Gasteiger partial charge >= 0.3 is 5.97 Å². The zero-order valence-electron chi connectivity index (χ0n) is 12.0. The van der Waals surface area contributed by atoms with Crippen molar-refractivity contribution in [3.8, 4) is 0 Å². The van der Waals surface area contributed by atoms with Crippen LogP contribution < -0.4 is 0 Å². The molecule has 0 amide bonds. The van der Waals surface area contributed by atoms with Crippen molar-refractivity contribution in [3.05, 3.63) is 12.2 Å². The van der Waals surface area contributed by atoms with Gasteiger partial charge in [0.05, 0.1) is 12.7 Å². The fourth-order valence-electron chi connectivity index (χ4n) is 2.53. The molecule has 1 aliphatic carbocycles. The van der Waals surface area contributed by atoms with E-state index in [2.05, 4.69) is 0 Å². The number of ketones is 1. The monoisotopic (exact) mass is 284 g/mol. The van der Waals surface area contributed by atoms with Crippen molar-refractivity contribution in [2.24, 2.45) is 11.8 Å². The van der Waals surface area contributed by atoms with Crippen molar-refractivity contribution in [2.45, 2.75) is 45.1 Å². The van der Waals surface area contributed by atoms with Crippen LogP contribution >= 0.6 is 0 Å². The van der Waals surface area contributed by atoms with E-state index in [0.29, 0.717) is 19.4 Å². The summed E-state index contributed by atoms with van der Waals surface area (Å²) < 4.78 is 4.82. The number of unbranched alkanes of at least 4 members (excludes halogenated alkanes) is 1. The lowest BCUT2D eigenvalue weighted by Crippen LogP contribution is -2.23. The number of ether oxygens (including phenoxy) is 1. The number of aliphatic hydroxyl groups excluding tert-OH is 2. The van der Waals surface area contributed by atoms with E-state index in [1.807, 2.05) is 12.2 Å². The van der Waals surface area contributed by atoms with E-state index in [4.69, 9.17) is 4.74 Å². The Hall–Kier alpha value is -1.20. The third-order valence-electron chi connectivity index (χ3n) is 3.66. The lowest BCUT2D eigenvalue weighted by Gasteiger charge is -2.16. The number of allylic oxidation sites excluding steroid dienone is 2. The molecule has 0 heterocycles. The molecule has 0 spiro atoms. The first-order valence-electron chi connectivity index (χ1n) is 7.22. The molecular formula is C15H24O5. The van der Waals surface area contributed by atoms with Gasteiger partial charge in [-0.15, -0.1) is 0 Å². The molecule has 5 heteroatoms. The van der Waals surface area contributed by atoms with E-state index in [9.17, 15) is 19.8 Å². The largest absolute Gasteiger partial charge is 0.466 e. The summed E-state index contributed by atoms with van der Waals surface area (Å²) >= 11 is 0. The van der Waals surface area contributed by atoms with Crippen LogP contribution in [0.3, 0.4) is 0 Å². The van der Waals surface area contributed by atoms with Crippen molar-refractivity contribution in [1.29, 1.82) is 0 Å². The van der Waals surface area contributed by atoms with Crippen molar-refractivity contribution in [1.82, 2.24) is 0 Å². The molecule has 0 aromatic heterocycles. The smallest absolute Gasteiger partial charge is 0.305 e. The fraction of sp³-hybridized carbons (Fsp3) is 0.733. The van der Waals surface area contributed by atoms with Crippen LogP contribution in [0.4, 0.5) is 0 Å². The number of carbonyl (C=O) groups is 2. The van der Waals surface area contributed by atoms with E-state index in [1.165, 1.54) is 0 Å². The van der Waals surface area contributed by atoms with Crippen molar-refractivity contribution in [2.75, 3.05) is 13.2 Å². The third-order valence-corrected chi connectivity index (χ3v) is 3.66. The number of esters is 1. The number of Topliss-reactive ketones (excluding diaryl/α,β-unsaturated/α-hetero) is 1. The zero-order valence-corrected chi connectivity index (χ0v) is 12.0. The first kappa shape index (κ1) is 16.9. The van der Waals surface area contributed by atoms with Gasteiger partial charge in [-0.2, -0.15) is 0 Å². The van der Waals surface area contributed by atoms with E-state index in [-0.39, 0.29) is 36.6 Å². The fourth-order valence-corrected chi connectivity index (χ4v) is 2.53. The molecule has 1 rings (SSSR count). The molecule has 0 aliphatic heterocycles. The second kappa shape index (κ2) is 8.87. The molecule has 20 heavy (non-hydrogen) atoms. The minimum absolute atomic E-state index is 0.0210. The Bertz CT molecular complexity index is 350. The molecular weight excluding hydrogens is 260 g/mol. The van der Waals surface area contributed by atoms with Gasteiger partial charge < -0.3 is 14.9 Å². The number of rotatable bonds is 8. The Morgan fingerprint density at radius 2 is 2.20 bits per heavy atom. The van der Waals surface area contributed by atoms with Gasteiger partial charge in [-0.25, -0.2) is 0 Å². The Morgan fingerprint density at radius 3 is 2.85 bits per heavy atom. The Balaban J connectivity index is 2.23. The van der Waals surface area contributed by atoms with Crippen LogP contribution in [0.1, 0.15) is 39.0 Å². The van der Waals surface area contributed by atoms with Crippen LogP contribution in [0.5, 0.6) is 0 Å². The van der Waals surface area contributed by atoms with E-state index in [0.717, 1.165) is 12.8 Å². The highest BCUT2D eigenvalue weighted by Gasteiger charge is 2.40. The summed E-state index contributed by atoms with van der Waals surface area (Å²) in [6, 6.07) is 0. The Kier molecular flexibility index (Phi) is 7.47. The Morgan fingerprint density at radius 1 is 1.45 bits per heavy atom. The normalized spacial score (nSPS) is 26.4. The van der Waals surface area contributed by atoms with Gasteiger partial charge in [0.2, 0.25) is 0 Å². The molecule has 2 N–H and O–H groups in total. The molecule has 1 fully saturated rings. The van der Waals surface area contributed by atoms with Crippen LogP contribution in [0.25, 0.3) is 0 Å². The van der Waals surface area contributed by atoms with Crippen molar-refractivity contribution in [3.63, 3.8) is 0 Å². The predicted molar refractivity (Wildman–Crippen MR) is 73.9 cm³/mol. The first-order chi connectivity index (χ1) is 9.60. The highest BCUT2D eigenvalue weighted by atomic mass is 16.5. The average molecular weight is 284 g/mol. The SMILES string of the molecule is CCOC(=O)CCCC=CC[C@H]1C(=O)CC(O)[C@@H]1CO. The standard InChI is InChI=1S/C15H24O5/c1-2-20-15(19)8-6-4-3-5-7-11-12(10-16)14(18)9-13(11)17/h3,5,11-12,14,16,18H,2,4,6-10H2,1H3/t11-,12-,14?/m1/s1. The second-order valence-corrected chi connectivity index (χ2v) is 5.10. The van der Waals surface area contributed by atoms with Crippen LogP contribution in [0.2, 0.25) is 0 Å². The van der Waals surface area contributed by atoms with Gasteiger partial charge in [-0.05, 0) is 26.2 Å². The summed E-state index contributed by atoms with van der Waals surface area (Å²) in [7, 11) is 0. The van der Waals surface area contributed by atoms with Crippen LogP contribution in [0.15, 0.2) is 12.2 Å². The molecule has 0 aromatic carbocycles. The lowest BCUT2D eigenvalue weighted by molar-refractivity contribution is -0.143. The third kappa shape index (κ3) is 5.06. The van der Waals surface area contributed by atoms with E-state index < -0.39 is 6.10 Å². The average Bonchev–Trinajstić information content (AvgIpc) is 2.68. The first-order valence-corrected chi connectivity index (χ1v) is 7.22. The molecule has 1 unspecified atom stereocenters. The van der Waals surface area contributed by atoms with Gasteiger partial charge in [-0.1, -0.05) is 12.2 Å². The summed E-state index contributed by atoms with van der Waals surface area (Å²) in [5.41, 5.74) is 0. The number of hydrogen-bond donors (Lipinski definition) is 2. The quantitative estimate of drug-likeness (QED) is 0.398. The topological polar surface area (TPSA) is 83.8 Å². The van der Waals surface area contributed by atoms with Gasteiger partial charge in [0.25, 0.3) is 0 Å². The molecule has 0 radical (unpaired) electrons. The second-order valence-electron chi connectivity index (χ2n) is 5.10. The van der Waals surface area contributed by atoms with Gasteiger partial charge in [-0.3, -0.25) is 9.59 Å². The predicted octanol–water partition coefficient (Wildman–Crippen LogP) is 1.22. The molecule has 0 saturated heterocycles. The number of carbonyl (C=O) groups excluding carboxylic acids is 2. The summed E-state index contributed by atoms with van der Waals surface area (Å²) in [5.74, 6) is -0.786. The maximum atomic E-state index is 11.7. The van der Waals surface area contributed by atoms with Gasteiger partial charge in [0.1, 0.15) is 5.78 Å². The van der Waals surface area contributed by atoms with Gasteiger partial charge in [0.15, 0.2) is 0 Å². The molecule has 0 bridgehead atoms. The van der Waals surface area contributed by atoms with E-state index >= 15 is 0 Å². The molecule has 1 aliphatic rings. The lowest BCUT2D eigenvalue weighted by atomic mass is 9.92.